The lowest BCUT2D eigenvalue weighted by Gasteiger charge is -2.27. The molecule has 2 saturated heterocycles. The van der Waals surface area contributed by atoms with Crippen LogP contribution < -0.4 is 15.1 Å². The van der Waals surface area contributed by atoms with E-state index in [1.165, 1.54) is 31.4 Å². The average molecular weight is 373 g/mol. The van der Waals surface area contributed by atoms with Gasteiger partial charge in [0, 0.05) is 50.5 Å². The summed E-state index contributed by atoms with van der Waals surface area (Å²) in [6.45, 7) is 4.59. The molecule has 1 atom stereocenters. The predicted octanol–water partition coefficient (Wildman–Crippen LogP) is 3.68. The van der Waals surface area contributed by atoms with Crippen molar-refractivity contribution in [3.05, 3.63) is 42.2 Å². The molecule has 7 heteroatoms. The van der Waals surface area contributed by atoms with Gasteiger partial charge in [0.05, 0.1) is 0 Å². The summed E-state index contributed by atoms with van der Waals surface area (Å²) in [5, 5.41) is 3.42. The molecule has 5 nitrogen and oxygen atoms in total. The van der Waals surface area contributed by atoms with Gasteiger partial charge in [0.25, 0.3) is 0 Å². The fraction of sp³-hybridized carbons (Fsp3) is 0.500. The molecule has 4 rings (SSSR count). The molecule has 0 saturated carbocycles. The number of aromatic nitrogens is 2. The minimum atomic E-state index is -0.801. The Hall–Kier alpha value is -2.44. The summed E-state index contributed by atoms with van der Waals surface area (Å²) in [4.78, 5) is 13.2. The van der Waals surface area contributed by atoms with E-state index in [0.717, 1.165) is 56.5 Å². The van der Waals surface area contributed by atoms with Crippen molar-refractivity contribution in [1.29, 1.82) is 0 Å². The monoisotopic (exact) mass is 373 g/mol. The molecule has 0 radical (unpaired) electrons. The second kappa shape index (κ2) is 8.06. The van der Waals surface area contributed by atoms with Crippen LogP contribution >= 0.6 is 0 Å². The first-order valence-electron chi connectivity index (χ1n) is 9.70. The Balaban J connectivity index is 1.32. The van der Waals surface area contributed by atoms with Crippen LogP contribution in [-0.2, 0) is 0 Å². The fourth-order valence-electron chi connectivity index (χ4n) is 3.90. The summed E-state index contributed by atoms with van der Waals surface area (Å²) in [5.41, 5.74) is 0.742. The lowest BCUT2D eigenvalue weighted by atomic mass is 10.1. The number of halogens is 2. The molecule has 1 aromatic carbocycles. The highest BCUT2D eigenvalue weighted by atomic mass is 19.2. The van der Waals surface area contributed by atoms with E-state index in [-0.39, 0.29) is 0 Å². The molecule has 2 aliphatic rings. The molecule has 3 heterocycles. The zero-order valence-electron chi connectivity index (χ0n) is 15.4. The number of benzene rings is 1. The van der Waals surface area contributed by atoms with Gasteiger partial charge in [-0.05, 0) is 43.7 Å². The van der Waals surface area contributed by atoms with Crippen LogP contribution in [0.25, 0.3) is 0 Å². The van der Waals surface area contributed by atoms with Crippen LogP contribution in [0.3, 0.4) is 0 Å². The first-order chi connectivity index (χ1) is 13.2. The Morgan fingerprint density at radius 3 is 2.63 bits per heavy atom. The van der Waals surface area contributed by atoms with Gasteiger partial charge >= 0.3 is 0 Å². The fourth-order valence-corrected chi connectivity index (χ4v) is 3.90. The number of nitrogens with zero attached hydrogens (tertiary/aromatic N) is 4. The number of rotatable bonds is 5. The summed E-state index contributed by atoms with van der Waals surface area (Å²) in [6.07, 6.45) is 6.36. The van der Waals surface area contributed by atoms with Crippen LogP contribution in [0.15, 0.2) is 30.6 Å². The first-order valence-corrected chi connectivity index (χ1v) is 9.70. The van der Waals surface area contributed by atoms with E-state index in [0.29, 0.717) is 5.92 Å². The van der Waals surface area contributed by atoms with Gasteiger partial charge in [0.1, 0.15) is 18.0 Å². The zero-order chi connectivity index (χ0) is 18.6. The lowest BCUT2D eigenvalue weighted by Crippen LogP contribution is -2.30. The van der Waals surface area contributed by atoms with E-state index in [4.69, 9.17) is 0 Å². The summed E-state index contributed by atoms with van der Waals surface area (Å²) in [6, 6.07) is 6.14. The van der Waals surface area contributed by atoms with E-state index >= 15 is 0 Å². The second-order valence-electron chi connectivity index (χ2n) is 7.39. The van der Waals surface area contributed by atoms with Crippen LogP contribution in [0.2, 0.25) is 0 Å². The maximum absolute atomic E-state index is 13.5. The van der Waals surface area contributed by atoms with Gasteiger partial charge in [-0.15, -0.1) is 0 Å². The molecule has 2 fully saturated rings. The molecule has 1 N–H and O–H groups in total. The molecule has 0 amide bonds. The topological polar surface area (TPSA) is 44.3 Å². The Morgan fingerprint density at radius 1 is 0.963 bits per heavy atom. The molecule has 0 aliphatic carbocycles. The van der Waals surface area contributed by atoms with Crippen molar-refractivity contribution in [2.75, 3.05) is 47.8 Å². The third kappa shape index (κ3) is 4.28. The zero-order valence-corrected chi connectivity index (χ0v) is 15.4. The van der Waals surface area contributed by atoms with Gasteiger partial charge in [-0.1, -0.05) is 0 Å². The lowest BCUT2D eigenvalue weighted by molar-refractivity contribution is 0.508. The molecule has 1 unspecified atom stereocenters. The second-order valence-corrected chi connectivity index (χ2v) is 7.39. The highest BCUT2D eigenvalue weighted by Gasteiger charge is 2.23. The smallest absolute Gasteiger partial charge is 0.160 e. The van der Waals surface area contributed by atoms with E-state index in [1.54, 1.807) is 12.4 Å². The number of hydrogen-bond acceptors (Lipinski definition) is 5. The van der Waals surface area contributed by atoms with E-state index in [9.17, 15) is 8.78 Å². The molecule has 0 bridgehead atoms. The highest BCUT2D eigenvalue weighted by Crippen LogP contribution is 2.26. The van der Waals surface area contributed by atoms with Crippen LogP contribution in [-0.4, -0.2) is 42.7 Å². The van der Waals surface area contributed by atoms with Gasteiger partial charge in [-0.3, -0.25) is 0 Å². The SMILES string of the molecule is Fc1ccc(N2CCC(CNc3cc(N4CCCCC4)ncn3)C2)cc1F. The summed E-state index contributed by atoms with van der Waals surface area (Å²) in [7, 11) is 0. The molecular formula is C20H25F2N5. The van der Waals surface area contributed by atoms with Crippen molar-refractivity contribution in [1.82, 2.24) is 9.97 Å². The molecule has 1 aromatic heterocycles. The van der Waals surface area contributed by atoms with Gasteiger partial charge in [0.15, 0.2) is 11.6 Å². The standard InChI is InChI=1S/C20H25F2N5/c21-17-5-4-16(10-18(17)22)27-9-6-15(13-27)12-23-19-11-20(25-14-24-19)26-7-2-1-3-8-26/h4-5,10-11,14-15H,1-3,6-9,12-13H2,(H,23,24,25). The third-order valence-electron chi connectivity index (χ3n) is 5.46. The van der Waals surface area contributed by atoms with Crippen molar-refractivity contribution >= 4 is 17.3 Å². The molecule has 0 spiro atoms. The minimum Gasteiger partial charge on any atom is -0.371 e. The number of anilines is 3. The third-order valence-corrected chi connectivity index (χ3v) is 5.46. The van der Waals surface area contributed by atoms with Crippen molar-refractivity contribution in [2.24, 2.45) is 5.92 Å². The molecular weight excluding hydrogens is 348 g/mol. The average Bonchev–Trinajstić information content (AvgIpc) is 3.18. The number of hydrogen-bond donors (Lipinski definition) is 1. The van der Waals surface area contributed by atoms with Gasteiger partial charge < -0.3 is 15.1 Å². The maximum atomic E-state index is 13.5. The van der Waals surface area contributed by atoms with E-state index in [2.05, 4.69) is 25.1 Å². The highest BCUT2D eigenvalue weighted by molar-refractivity contribution is 5.50. The molecule has 2 aliphatic heterocycles. The van der Waals surface area contributed by atoms with Crippen molar-refractivity contribution in [3.8, 4) is 0 Å². The van der Waals surface area contributed by atoms with Crippen LogP contribution in [0, 0.1) is 17.6 Å². The molecule has 27 heavy (non-hydrogen) atoms. The first kappa shape index (κ1) is 17.9. The molecule has 2 aromatic rings. The Labute approximate surface area is 158 Å². The Bertz CT molecular complexity index is 779. The quantitative estimate of drug-likeness (QED) is 0.866. The molecule has 144 valence electrons. The maximum Gasteiger partial charge on any atom is 0.160 e. The van der Waals surface area contributed by atoms with Gasteiger partial charge in [-0.2, -0.15) is 0 Å². The summed E-state index contributed by atoms with van der Waals surface area (Å²) >= 11 is 0. The van der Waals surface area contributed by atoms with Crippen LogP contribution in [0.5, 0.6) is 0 Å². The normalized spacial score (nSPS) is 20.1. The van der Waals surface area contributed by atoms with E-state index < -0.39 is 11.6 Å². The van der Waals surface area contributed by atoms with Crippen LogP contribution in [0.1, 0.15) is 25.7 Å². The minimum absolute atomic E-state index is 0.437. The van der Waals surface area contributed by atoms with Gasteiger partial charge in [0.2, 0.25) is 0 Å². The number of nitrogens with one attached hydrogen (secondary N) is 1. The predicted molar refractivity (Wildman–Crippen MR) is 103 cm³/mol. The number of piperidine rings is 1. The Kier molecular flexibility index (Phi) is 5.36. The van der Waals surface area contributed by atoms with E-state index in [1.807, 2.05) is 6.07 Å². The summed E-state index contributed by atoms with van der Waals surface area (Å²) in [5.74, 6) is 0.676. The summed E-state index contributed by atoms with van der Waals surface area (Å²) < 4.78 is 26.6. The van der Waals surface area contributed by atoms with Crippen LogP contribution in [0.4, 0.5) is 26.1 Å². The Morgan fingerprint density at radius 2 is 1.81 bits per heavy atom. The van der Waals surface area contributed by atoms with Gasteiger partial charge in [-0.25, -0.2) is 18.7 Å². The van der Waals surface area contributed by atoms with Crippen molar-refractivity contribution in [3.63, 3.8) is 0 Å². The largest absolute Gasteiger partial charge is 0.371 e. The van der Waals surface area contributed by atoms with Crippen molar-refractivity contribution < 1.29 is 8.78 Å². The van der Waals surface area contributed by atoms with Crippen molar-refractivity contribution in [2.45, 2.75) is 25.7 Å².